The number of hydrogen-bond donors (Lipinski definition) is 1. The summed E-state index contributed by atoms with van der Waals surface area (Å²) < 4.78 is 0.811. The Morgan fingerprint density at radius 3 is 2.61 bits per heavy atom. The van der Waals surface area contributed by atoms with Gasteiger partial charge >= 0.3 is 0 Å². The summed E-state index contributed by atoms with van der Waals surface area (Å²) in [6, 6.07) is 5.86. The van der Waals surface area contributed by atoms with Gasteiger partial charge in [0.2, 0.25) is 0 Å². The highest BCUT2D eigenvalue weighted by atomic mass is 79.9. The molecular formula is C14H19BrN2O. The lowest BCUT2D eigenvalue weighted by atomic mass is 9.64. The van der Waals surface area contributed by atoms with Crippen molar-refractivity contribution in [2.75, 3.05) is 20.1 Å². The SMILES string of the molecule is CN1C[C@H]2CCC[C@@H](C1)[C@]2(O)c1cccc(Br)n1. The molecule has 1 aromatic heterocycles. The molecule has 2 fully saturated rings. The van der Waals surface area contributed by atoms with E-state index in [4.69, 9.17) is 0 Å². The Labute approximate surface area is 116 Å². The molecular weight excluding hydrogens is 292 g/mol. The van der Waals surface area contributed by atoms with E-state index in [1.165, 1.54) is 6.42 Å². The van der Waals surface area contributed by atoms with Gasteiger partial charge < -0.3 is 10.0 Å². The topological polar surface area (TPSA) is 36.4 Å². The molecule has 1 aliphatic carbocycles. The predicted octanol–water partition coefficient (Wildman–Crippen LogP) is 2.39. The Hall–Kier alpha value is -0.450. The van der Waals surface area contributed by atoms with E-state index in [0.29, 0.717) is 11.8 Å². The minimum atomic E-state index is -0.728. The molecule has 3 rings (SSSR count). The Morgan fingerprint density at radius 2 is 2.00 bits per heavy atom. The molecule has 2 heterocycles. The summed E-state index contributed by atoms with van der Waals surface area (Å²) >= 11 is 3.41. The summed E-state index contributed by atoms with van der Waals surface area (Å²) in [6.45, 7) is 1.95. The van der Waals surface area contributed by atoms with E-state index in [1.54, 1.807) is 0 Å². The van der Waals surface area contributed by atoms with Crippen molar-refractivity contribution in [1.82, 2.24) is 9.88 Å². The number of likely N-dealkylation sites (tertiary alicyclic amines) is 1. The zero-order valence-corrected chi connectivity index (χ0v) is 12.2. The third-order valence-corrected chi connectivity index (χ3v) is 4.98. The summed E-state index contributed by atoms with van der Waals surface area (Å²) in [4.78, 5) is 6.87. The molecule has 0 spiro atoms. The second-order valence-electron chi connectivity index (χ2n) is 5.72. The average molecular weight is 311 g/mol. The molecule has 0 aromatic carbocycles. The first-order valence-corrected chi connectivity index (χ1v) is 7.44. The maximum absolute atomic E-state index is 11.3. The number of aromatic nitrogens is 1. The number of nitrogens with zero attached hydrogens (tertiary/aromatic N) is 2. The third kappa shape index (κ3) is 1.91. The lowest BCUT2D eigenvalue weighted by Gasteiger charge is -2.52. The molecule has 98 valence electrons. The molecule has 3 atom stereocenters. The van der Waals surface area contributed by atoms with E-state index >= 15 is 0 Å². The maximum atomic E-state index is 11.3. The lowest BCUT2D eigenvalue weighted by molar-refractivity contribution is -0.145. The van der Waals surface area contributed by atoms with Crippen LogP contribution in [0.5, 0.6) is 0 Å². The van der Waals surface area contributed by atoms with Crippen LogP contribution >= 0.6 is 15.9 Å². The summed E-state index contributed by atoms with van der Waals surface area (Å²) in [7, 11) is 2.15. The minimum absolute atomic E-state index is 0.316. The second-order valence-corrected chi connectivity index (χ2v) is 6.53. The molecule has 1 aromatic rings. The van der Waals surface area contributed by atoms with Gasteiger partial charge in [0.1, 0.15) is 10.2 Å². The fourth-order valence-corrected chi connectivity index (χ4v) is 4.07. The molecule has 1 N–H and O–H groups in total. The van der Waals surface area contributed by atoms with Crippen molar-refractivity contribution in [2.24, 2.45) is 11.8 Å². The van der Waals surface area contributed by atoms with Gasteiger partial charge in [-0.3, -0.25) is 0 Å². The van der Waals surface area contributed by atoms with Crippen LogP contribution in [0.15, 0.2) is 22.8 Å². The highest BCUT2D eigenvalue weighted by Crippen LogP contribution is 2.48. The molecule has 2 bridgehead atoms. The Morgan fingerprint density at radius 1 is 1.33 bits per heavy atom. The van der Waals surface area contributed by atoms with Crippen molar-refractivity contribution >= 4 is 15.9 Å². The van der Waals surface area contributed by atoms with Gasteiger partial charge in [-0.2, -0.15) is 0 Å². The standard InChI is InChI=1S/C14H19BrN2O/c1-17-8-10-4-2-5-11(9-17)14(10,18)12-6-3-7-13(15)16-12/h3,6-7,10-11,18H,2,4-5,8-9H2,1H3/t10-,11+,14+. The van der Waals surface area contributed by atoms with Crippen molar-refractivity contribution < 1.29 is 5.11 Å². The maximum Gasteiger partial charge on any atom is 0.115 e. The highest BCUT2D eigenvalue weighted by molar-refractivity contribution is 9.10. The predicted molar refractivity (Wildman–Crippen MR) is 74.2 cm³/mol. The number of pyridine rings is 1. The van der Waals surface area contributed by atoms with Gasteiger partial charge in [0, 0.05) is 24.9 Å². The zero-order valence-electron chi connectivity index (χ0n) is 10.6. The van der Waals surface area contributed by atoms with E-state index in [0.717, 1.165) is 36.2 Å². The minimum Gasteiger partial charge on any atom is -0.383 e. The van der Waals surface area contributed by atoms with Crippen molar-refractivity contribution in [1.29, 1.82) is 0 Å². The second kappa shape index (κ2) is 4.58. The molecule has 4 heteroatoms. The molecule has 3 nitrogen and oxygen atoms in total. The van der Waals surface area contributed by atoms with E-state index in [-0.39, 0.29) is 0 Å². The lowest BCUT2D eigenvalue weighted by Crippen LogP contribution is -2.57. The fourth-order valence-electron chi connectivity index (χ4n) is 3.72. The largest absolute Gasteiger partial charge is 0.383 e. The average Bonchev–Trinajstić information content (AvgIpc) is 2.31. The van der Waals surface area contributed by atoms with Crippen molar-refractivity contribution in [3.8, 4) is 0 Å². The fraction of sp³-hybridized carbons (Fsp3) is 0.643. The number of fused-ring (bicyclic) bond motifs is 2. The normalized spacial score (nSPS) is 36.6. The molecule has 1 aliphatic heterocycles. The molecule has 18 heavy (non-hydrogen) atoms. The van der Waals surface area contributed by atoms with Crippen LogP contribution < -0.4 is 0 Å². The summed E-state index contributed by atoms with van der Waals surface area (Å²) in [5, 5.41) is 11.3. The molecule has 1 saturated heterocycles. The number of piperidine rings is 1. The first-order chi connectivity index (χ1) is 8.60. The van der Waals surface area contributed by atoms with Gasteiger partial charge in [-0.15, -0.1) is 0 Å². The first kappa shape index (κ1) is 12.6. The zero-order chi connectivity index (χ0) is 12.8. The van der Waals surface area contributed by atoms with Crippen LogP contribution in [0, 0.1) is 11.8 Å². The van der Waals surface area contributed by atoms with Gasteiger partial charge in [0.25, 0.3) is 0 Å². The van der Waals surface area contributed by atoms with Crippen molar-refractivity contribution in [3.63, 3.8) is 0 Å². The van der Waals surface area contributed by atoms with Crippen molar-refractivity contribution in [2.45, 2.75) is 24.9 Å². The van der Waals surface area contributed by atoms with E-state index in [2.05, 4.69) is 32.9 Å². The molecule has 0 radical (unpaired) electrons. The van der Waals surface area contributed by atoms with Crippen LogP contribution in [-0.4, -0.2) is 35.1 Å². The van der Waals surface area contributed by atoms with Gasteiger partial charge in [-0.05, 0) is 48.0 Å². The van der Waals surface area contributed by atoms with Gasteiger partial charge in [0.15, 0.2) is 0 Å². The third-order valence-electron chi connectivity index (χ3n) is 4.54. The van der Waals surface area contributed by atoms with Gasteiger partial charge in [-0.25, -0.2) is 4.98 Å². The van der Waals surface area contributed by atoms with Crippen LogP contribution in [0.2, 0.25) is 0 Å². The summed E-state index contributed by atoms with van der Waals surface area (Å²) in [5.41, 5.74) is 0.119. The highest BCUT2D eigenvalue weighted by Gasteiger charge is 2.51. The molecule has 2 aliphatic rings. The summed E-state index contributed by atoms with van der Waals surface area (Å²) in [5.74, 6) is 0.633. The van der Waals surface area contributed by atoms with Crippen LogP contribution in [-0.2, 0) is 5.60 Å². The van der Waals surface area contributed by atoms with Crippen LogP contribution in [0.4, 0.5) is 0 Å². The van der Waals surface area contributed by atoms with E-state index in [9.17, 15) is 5.11 Å². The molecule has 0 amide bonds. The number of hydrogen-bond acceptors (Lipinski definition) is 3. The number of aliphatic hydroxyl groups is 1. The summed E-state index contributed by atoms with van der Waals surface area (Å²) in [6.07, 6.45) is 3.44. The Balaban J connectivity index is 2.02. The van der Waals surface area contributed by atoms with E-state index < -0.39 is 5.60 Å². The number of halogens is 1. The molecule has 0 unspecified atom stereocenters. The number of rotatable bonds is 1. The van der Waals surface area contributed by atoms with Gasteiger partial charge in [0.05, 0.1) is 5.69 Å². The first-order valence-electron chi connectivity index (χ1n) is 6.64. The quantitative estimate of drug-likeness (QED) is 0.809. The molecule has 1 saturated carbocycles. The van der Waals surface area contributed by atoms with Crippen LogP contribution in [0.1, 0.15) is 25.0 Å². The Kier molecular flexibility index (Phi) is 3.20. The monoisotopic (exact) mass is 310 g/mol. The van der Waals surface area contributed by atoms with Crippen molar-refractivity contribution in [3.05, 3.63) is 28.5 Å². The smallest absolute Gasteiger partial charge is 0.115 e. The Bertz CT molecular complexity index is 437. The van der Waals surface area contributed by atoms with Crippen LogP contribution in [0.3, 0.4) is 0 Å². The van der Waals surface area contributed by atoms with Crippen LogP contribution in [0.25, 0.3) is 0 Å². The van der Waals surface area contributed by atoms with E-state index in [1.807, 2.05) is 18.2 Å². The van der Waals surface area contributed by atoms with Gasteiger partial charge in [-0.1, -0.05) is 12.5 Å².